The molecule has 2 rings (SSSR count). The molecule has 2 N–H and O–H groups in total. The molecule has 1 amide bonds. The first kappa shape index (κ1) is 19.6. The monoisotopic (exact) mass is 389 g/mol. The number of benzene rings is 2. The van der Waals surface area contributed by atoms with E-state index in [9.17, 15) is 23.1 Å². The fourth-order valence-electron chi connectivity index (χ4n) is 2.05. The summed E-state index contributed by atoms with van der Waals surface area (Å²) < 4.78 is 38.4. The molecule has 0 aromatic heterocycles. The Morgan fingerprint density at radius 1 is 1.20 bits per heavy atom. The van der Waals surface area contributed by atoms with Crippen molar-refractivity contribution < 1.29 is 23.1 Å². The molecule has 0 aliphatic carbocycles. The molecular formula is C17H15ClF3NO2S. The van der Waals surface area contributed by atoms with Crippen LogP contribution in [-0.2, 0) is 11.0 Å². The highest BCUT2D eigenvalue weighted by Crippen LogP contribution is 2.36. The summed E-state index contributed by atoms with van der Waals surface area (Å²) in [6.45, 7) is 0. The average molecular weight is 390 g/mol. The van der Waals surface area contributed by atoms with E-state index in [0.29, 0.717) is 5.75 Å². The van der Waals surface area contributed by atoms with Gasteiger partial charge in [0.15, 0.2) is 0 Å². The van der Waals surface area contributed by atoms with Crippen molar-refractivity contribution in [1.82, 2.24) is 0 Å². The highest BCUT2D eigenvalue weighted by Gasteiger charge is 2.33. The minimum atomic E-state index is -4.59. The second-order valence-electron chi connectivity index (χ2n) is 5.18. The van der Waals surface area contributed by atoms with Crippen molar-refractivity contribution in [3.05, 3.63) is 64.7 Å². The maximum absolute atomic E-state index is 12.8. The molecule has 0 radical (unpaired) electrons. The van der Waals surface area contributed by atoms with Crippen molar-refractivity contribution in [2.75, 3.05) is 16.8 Å². The number of nitrogens with one attached hydrogen (secondary N) is 1. The van der Waals surface area contributed by atoms with Gasteiger partial charge in [0.1, 0.15) is 0 Å². The number of aliphatic hydroxyl groups excluding tert-OH is 1. The van der Waals surface area contributed by atoms with Gasteiger partial charge in [-0.15, -0.1) is 11.8 Å². The van der Waals surface area contributed by atoms with Crippen LogP contribution in [0.25, 0.3) is 0 Å². The topological polar surface area (TPSA) is 49.3 Å². The lowest BCUT2D eigenvalue weighted by atomic mass is 10.1. The Balaban J connectivity index is 1.86. The van der Waals surface area contributed by atoms with Gasteiger partial charge in [-0.2, -0.15) is 13.2 Å². The maximum atomic E-state index is 12.8. The van der Waals surface area contributed by atoms with Crippen molar-refractivity contribution in [1.29, 1.82) is 0 Å². The first-order chi connectivity index (χ1) is 11.8. The summed E-state index contributed by atoms with van der Waals surface area (Å²) in [6, 6.07) is 12.2. The van der Waals surface area contributed by atoms with Crippen molar-refractivity contribution in [3.8, 4) is 0 Å². The van der Waals surface area contributed by atoms with Crippen LogP contribution in [0.3, 0.4) is 0 Å². The fraction of sp³-hybridized carbons (Fsp3) is 0.235. The van der Waals surface area contributed by atoms with E-state index in [1.807, 2.05) is 6.07 Å². The first-order valence-electron chi connectivity index (χ1n) is 7.24. The van der Waals surface area contributed by atoms with Gasteiger partial charge in [0, 0.05) is 11.4 Å². The Morgan fingerprint density at radius 3 is 2.52 bits per heavy atom. The Hall–Kier alpha value is -1.70. The molecule has 8 heteroatoms. The van der Waals surface area contributed by atoms with E-state index in [1.165, 1.54) is 17.8 Å². The predicted molar refractivity (Wildman–Crippen MR) is 93.8 cm³/mol. The lowest BCUT2D eigenvalue weighted by molar-refractivity contribution is -0.137. The smallest absolute Gasteiger partial charge is 0.388 e. The zero-order valence-corrected chi connectivity index (χ0v) is 14.5. The normalized spacial score (nSPS) is 12.7. The standard InChI is InChI=1S/C17H15ClF3NO2S/c18-14-7-6-12(8-13(14)17(19,20)21)22-16(24)10-25-9-15(23)11-4-2-1-3-5-11/h1-8,15,23H,9-10H2,(H,22,24). The molecule has 0 fully saturated rings. The van der Waals surface area contributed by atoms with Gasteiger partial charge in [-0.1, -0.05) is 41.9 Å². The number of rotatable bonds is 6. The maximum Gasteiger partial charge on any atom is 0.417 e. The van der Waals surface area contributed by atoms with Gasteiger partial charge in [0.2, 0.25) is 5.91 Å². The second-order valence-corrected chi connectivity index (χ2v) is 6.62. The van der Waals surface area contributed by atoms with Crippen molar-refractivity contribution in [3.63, 3.8) is 0 Å². The van der Waals surface area contributed by atoms with Gasteiger partial charge in [0.05, 0.1) is 22.4 Å². The van der Waals surface area contributed by atoms with Crippen LogP contribution in [0.4, 0.5) is 18.9 Å². The first-order valence-corrected chi connectivity index (χ1v) is 8.78. The number of hydrogen-bond acceptors (Lipinski definition) is 3. The quantitative estimate of drug-likeness (QED) is 0.748. The Bertz CT molecular complexity index is 726. The summed E-state index contributed by atoms with van der Waals surface area (Å²) in [4.78, 5) is 11.8. The fourth-order valence-corrected chi connectivity index (χ4v) is 3.07. The summed E-state index contributed by atoms with van der Waals surface area (Å²) >= 11 is 6.72. The number of aliphatic hydroxyl groups is 1. The molecule has 0 saturated heterocycles. The van der Waals surface area contributed by atoms with E-state index in [2.05, 4.69) is 5.32 Å². The van der Waals surface area contributed by atoms with E-state index >= 15 is 0 Å². The van der Waals surface area contributed by atoms with Crippen LogP contribution in [0.5, 0.6) is 0 Å². The van der Waals surface area contributed by atoms with Gasteiger partial charge in [0.25, 0.3) is 0 Å². The lowest BCUT2D eigenvalue weighted by Crippen LogP contribution is -2.16. The average Bonchev–Trinajstić information content (AvgIpc) is 2.56. The molecule has 2 aromatic carbocycles. The van der Waals surface area contributed by atoms with Gasteiger partial charge < -0.3 is 10.4 Å². The zero-order valence-electron chi connectivity index (χ0n) is 12.9. The number of alkyl halides is 3. The Labute approximate surface area is 152 Å². The summed E-state index contributed by atoms with van der Waals surface area (Å²) in [5.74, 6) is -0.152. The van der Waals surface area contributed by atoms with E-state index in [0.717, 1.165) is 17.7 Å². The van der Waals surface area contributed by atoms with E-state index in [1.54, 1.807) is 24.3 Å². The van der Waals surface area contributed by atoms with Crippen LogP contribution >= 0.6 is 23.4 Å². The van der Waals surface area contributed by atoms with Crippen LogP contribution in [-0.4, -0.2) is 22.5 Å². The van der Waals surface area contributed by atoms with Crippen molar-refractivity contribution in [2.45, 2.75) is 12.3 Å². The number of thioether (sulfide) groups is 1. The molecule has 3 nitrogen and oxygen atoms in total. The third-order valence-corrected chi connectivity index (χ3v) is 4.60. The zero-order chi connectivity index (χ0) is 18.4. The molecule has 0 heterocycles. The van der Waals surface area contributed by atoms with Crippen molar-refractivity contribution >= 4 is 35.0 Å². The number of carbonyl (C=O) groups is 1. The molecule has 2 aromatic rings. The molecule has 0 bridgehead atoms. The summed E-state index contributed by atoms with van der Waals surface area (Å²) in [6.07, 6.45) is -5.31. The van der Waals surface area contributed by atoms with Gasteiger partial charge in [-0.3, -0.25) is 4.79 Å². The van der Waals surface area contributed by atoms with E-state index < -0.39 is 28.8 Å². The lowest BCUT2D eigenvalue weighted by Gasteiger charge is -2.12. The number of halogens is 4. The van der Waals surface area contributed by atoms with Gasteiger partial charge >= 0.3 is 6.18 Å². The molecule has 0 aliphatic heterocycles. The number of anilines is 1. The third kappa shape index (κ3) is 5.95. The summed E-state index contributed by atoms with van der Waals surface area (Å²) in [5, 5.41) is 12.0. The van der Waals surface area contributed by atoms with E-state index in [-0.39, 0.29) is 11.4 Å². The SMILES string of the molecule is O=C(CSCC(O)c1ccccc1)Nc1ccc(Cl)c(C(F)(F)F)c1. The van der Waals surface area contributed by atoms with Crippen LogP contribution in [0.15, 0.2) is 48.5 Å². The molecule has 1 atom stereocenters. The highest BCUT2D eigenvalue weighted by atomic mass is 35.5. The molecule has 134 valence electrons. The van der Waals surface area contributed by atoms with Crippen LogP contribution in [0, 0.1) is 0 Å². The molecule has 1 unspecified atom stereocenters. The second kappa shape index (κ2) is 8.60. The molecule has 0 aliphatic rings. The number of hydrogen-bond donors (Lipinski definition) is 2. The van der Waals surface area contributed by atoms with Crippen LogP contribution in [0.2, 0.25) is 5.02 Å². The molecule has 0 saturated carbocycles. The minimum absolute atomic E-state index is 0.00781. The molecular weight excluding hydrogens is 375 g/mol. The summed E-state index contributed by atoms with van der Waals surface area (Å²) in [7, 11) is 0. The van der Waals surface area contributed by atoms with Gasteiger partial charge in [-0.25, -0.2) is 0 Å². The minimum Gasteiger partial charge on any atom is -0.388 e. The van der Waals surface area contributed by atoms with E-state index in [4.69, 9.17) is 11.6 Å². The van der Waals surface area contributed by atoms with Crippen LogP contribution < -0.4 is 5.32 Å². The summed E-state index contributed by atoms with van der Waals surface area (Å²) in [5.41, 5.74) is -0.243. The largest absolute Gasteiger partial charge is 0.417 e. The Kier molecular flexibility index (Phi) is 6.75. The molecule has 25 heavy (non-hydrogen) atoms. The molecule has 0 spiro atoms. The third-order valence-electron chi connectivity index (χ3n) is 3.25. The predicted octanol–water partition coefficient (Wildman–Crippen LogP) is 4.76. The van der Waals surface area contributed by atoms with Crippen LogP contribution in [0.1, 0.15) is 17.2 Å². The number of amides is 1. The number of carbonyl (C=O) groups excluding carboxylic acids is 1. The Morgan fingerprint density at radius 2 is 1.88 bits per heavy atom. The van der Waals surface area contributed by atoms with Gasteiger partial charge in [-0.05, 0) is 23.8 Å². The highest BCUT2D eigenvalue weighted by molar-refractivity contribution is 7.99. The van der Waals surface area contributed by atoms with Crippen molar-refractivity contribution in [2.24, 2.45) is 0 Å².